The summed E-state index contributed by atoms with van der Waals surface area (Å²) in [5.41, 5.74) is 4.77. The minimum absolute atomic E-state index is 0.921. The number of nitrogens with zero attached hydrogens (tertiary/aromatic N) is 3. The van der Waals surface area contributed by atoms with E-state index in [4.69, 9.17) is 0 Å². The molecule has 0 amide bonds. The fourth-order valence-corrected chi connectivity index (χ4v) is 3.13. The zero-order valence-corrected chi connectivity index (χ0v) is 13.4. The zero-order valence-electron chi connectivity index (χ0n) is 13.4. The van der Waals surface area contributed by atoms with Crippen LogP contribution < -0.4 is 9.72 Å². The lowest BCUT2D eigenvalue weighted by atomic mass is 10.1. The lowest BCUT2D eigenvalue weighted by Crippen LogP contribution is -2.24. The van der Waals surface area contributed by atoms with Crippen LogP contribution in [0, 0.1) is 0 Å². The number of imidazole rings is 1. The van der Waals surface area contributed by atoms with Gasteiger partial charge in [-0.2, -0.15) is 0 Å². The van der Waals surface area contributed by atoms with Gasteiger partial charge in [0.15, 0.2) is 5.69 Å². The first-order chi connectivity index (χ1) is 11.3. The number of fused-ring (bicyclic) bond motifs is 1. The second kappa shape index (κ2) is 5.88. The van der Waals surface area contributed by atoms with Crippen LogP contribution in [0.2, 0.25) is 0 Å². The van der Waals surface area contributed by atoms with Crippen molar-refractivity contribution in [2.75, 3.05) is 13.1 Å². The van der Waals surface area contributed by atoms with Crippen molar-refractivity contribution >= 4 is 11.5 Å². The first kappa shape index (κ1) is 14.0. The van der Waals surface area contributed by atoms with Gasteiger partial charge >= 0.3 is 0 Å². The van der Waals surface area contributed by atoms with Gasteiger partial charge in [-0.25, -0.2) is 8.97 Å². The molecule has 1 aromatic carbocycles. The lowest BCUT2D eigenvalue weighted by molar-refractivity contribution is -0.510. The van der Waals surface area contributed by atoms with E-state index in [1.165, 1.54) is 35.3 Å². The van der Waals surface area contributed by atoms with Gasteiger partial charge in [-0.05, 0) is 31.0 Å². The molecule has 4 nitrogen and oxygen atoms in total. The number of hydrogen-bond acceptors (Lipinski definition) is 2. The molecule has 0 bridgehead atoms. The average Bonchev–Trinajstić information content (AvgIpc) is 2.78. The molecule has 0 aliphatic carbocycles. The monoisotopic (exact) mass is 305 g/mol. The molecule has 4 rings (SSSR count). The van der Waals surface area contributed by atoms with Gasteiger partial charge < -0.3 is 5.32 Å². The van der Waals surface area contributed by atoms with Gasteiger partial charge in [-0.15, -0.1) is 0 Å². The Balaban J connectivity index is 1.69. The summed E-state index contributed by atoms with van der Waals surface area (Å²) in [5, 5.41) is 3.43. The summed E-state index contributed by atoms with van der Waals surface area (Å²) in [6.45, 7) is 1.93. The molecule has 0 saturated heterocycles. The number of rotatable bonds is 2. The number of nitrogens with one attached hydrogen (secondary N) is 1. The first-order valence-corrected chi connectivity index (χ1v) is 8.18. The number of aryl methyl sites for hydroxylation is 1. The summed E-state index contributed by atoms with van der Waals surface area (Å²) in [7, 11) is 2.11. The third kappa shape index (κ3) is 2.61. The maximum Gasteiger partial charge on any atom is 0.286 e. The average molecular weight is 305 g/mol. The van der Waals surface area contributed by atoms with Crippen molar-refractivity contribution in [3.63, 3.8) is 0 Å². The molecular formula is C19H21N4+. The highest BCUT2D eigenvalue weighted by Gasteiger charge is 2.15. The Morgan fingerprint density at radius 3 is 2.70 bits per heavy atom. The molecule has 0 atom stereocenters. The summed E-state index contributed by atoms with van der Waals surface area (Å²) in [4.78, 5) is 4.64. The fraction of sp³-hybridized carbons (Fsp3) is 0.263. The number of pyridine rings is 1. The summed E-state index contributed by atoms with van der Waals surface area (Å²) in [5.74, 6) is 1.03. The van der Waals surface area contributed by atoms with Crippen molar-refractivity contribution < 1.29 is 4.40 Å². The van der Waals surface area contributed by atoms with Crippen molar-refractivity contribution in [1.29, 1.82) is 0 Å². The summed E-state index contributed by atoms with van der Waals surface area (Å²) in [6, 6.07) is 14.9. The molecule has 4 heteroatoms. The van der Waals surface area contributed by atoms with Crippen LogP contribution in [0.15, 0.2) is 59.9 Å². The summed E-state index contributed by atoms with van der Waals surface area (Å²) < 4.78 is 4.37. The smallest absolute Gasteiger partial charge is 0.286 e. The Bertz CT molecular complexity index is 859. The van der Waals surface area contributed by atoms with Crippen LogP contribution in [0.4, 0.5) is 0 Å². The molecule has 116 valence electrons. The molecule has 2 aromatic heterocycles. The molecule has 1 aliphatic rings. The van der Waals surface area contributed by atoms with E-state index in [2.05, 4.69) is 81.2 Å². The van der Waals surface area contributed by atoms with Crippen molar-refractivity contribution in [2.24, 2.45) is 12.0 Å². The number of hydrogen-bond donors (Lipinski definition) is 1. The van der Waals surface area contributed by atoms with E-state index in [-0.39, 0.29) is 0 Å². The third-order valence-electron chi connectivity index (χ3n) is 4.44. The number of aliphatic imine (C=N–C) groups is 1. The minimum atomic E-state index is 0.921. The van der Waals surface area contributed by atoms with Crippen LogP contribution in [0.25, 0.3) is 16.9 Å². The van der Waals surface area contributed by atoms with Crippen LogP contribution in [-0.2, 0) is 7.05 Å². The van der Waals surface area contributed by atoms with Gasteiger partial charge in [0.2, 0.25) is 0 Å². The van der Waals surface area contributed by atoms with Crippen LogP contribution in [0.3, 0.4) is 0 Å². The maximum absolute atomic E-state index is 4.64. The van der Waals surface area contributed by atoms with Gasteiger partial charge in [0.1, 0.15) is 12.0 Å². The van der Waals surface area contributed by atoms with Crippen molar-refractivity contribution in [1.82, 2.24) is 9.88 Å². The Labute approximate surface area is 136 Å². The van der Waals surface area contributed by atoms with Gasteiger partial charge in [-0.3, -0.25) is 4.99 Å². The first-order valence-electron chi connectivity index (χ1n) is 8.18. The SMILES string of the molecule is Cn1c(-c2ccc(C3=NCCCCN3)cc2)c[n+]2ccccc12. The Morgan fingerprint density at radius 2 is 1.87 bits per heavy atom. The van der Waals surface area contributed by atoms with E-state index >= 15 is 0 Å². The van der Waals surface area contributed by atoms with E-state index < -0.39 is 0 Å². The van der Waals surface area contributed by atoms with Crippen LogP contribution in [0.1, 0.15) is 18.4 Å². The molecule has 1 N–H and O–H groups in total. The quantitative estimate of drug-likeness (QED) is 0.725. The molecule has 3 heterocycles. The molecule has 1 aliphatic heterocycles. The molecule has 0 saturated carbocycles. The number of aromatic nitrogens is 2. The van der Waals surface area contributed by atoms with Gasteiger partial charge in [0.05, 0.1) is 13.2 Å². The standard InChI is InChI=1S/C19H21N4/c1-22-17(14-23-13-5-2-6-18(22)23)15-7-9-16(10-8-15)19-20-11-3-4-12-21-19/h2,5-10,13-14H,3-4,11-12H2,1H3,(H,20,21)/q+1. The molecule has 0 spiro atoms. The van der Waals surface area contributed by atoms with Gasteiger partial charge in [0.25, 0.3) is 5.65 Å². The summed E-state index contributed by atoms with van der Waals surface area (Å²) in [6.07, 6.45) is 6.61. The van der Waals surface area contributed by atoms with E-state index in [1.54, 1.807) is 0 Å². The lowest BCUT2D eigenvalue weighted by Gasteiger charge is -2.07. The topological polar surface area (TPSA) is 33.4 Å². The van der Waals surface area contributed by atoms with Gasteiger partial charge in [-0.1, -0.05) is 18.2 Å². The predicted octanol–water partition coefficient (Wildman–Crippen LogP) is 2.56. The van der Waals surface area contributed by atoms with E-state index in [0.717, 1.165) is 18.9 Å². The van der Waals surface area contributed by atoms with E-state index in [9.17, 15) is 0 Å². The second-order valence-electron chi connectivity index (χ2n) is 5.98. The molecule has 0 unspecified atom stereocenters. The highest BCUT2D eigenvalue weighted by atomic mass is 15.1. The third-order valence-corrected chi connectivity index (χ3v) is 4.44. The molecule has 3 aromatic rings. The van der Waals surface area contributed by atoms with Crippen molar-refractivity contribution in [3.8, 4) is 11.3 Å². The summed E-state index contributed by atoms with van der Waals surface area (Å²) >= 11 is 0. The molecule has 0 fully saturated rings. The highest BCUT2D eigenvalue weighted by Crippen LogP contribution is 2.20. The Morgan fingerprint density at radius 1 is 1.04 bits per heavy atom. The molecule has 0 radical (unpaired) electrons. The van der Waals surface area contributed by atoms with Crippen LogP contribution in [-0.4, -0.2) is 23.5 Å². The van der Waals surface area contributed by atoms with Crippen molar-refractivity contribution in [3.05, 3.63) is 60.4 Å². The Kier molecular flexibility index (Phi) is 3.58. The second-order valence-corrected chi connectivity index (χ2v) is 5.98. The zero-order chi connectivity index (χ0) is 15.6. The normalized spacial score (nSPS) is 15.1. The van der Waals surface area contributed by atoms with Crippen molar-refractivity contribution in [2.45, 2.75) is 12.8 Å². The van der Waals surface area contributed by atoms with Crippen LogP contribution >= 0.6 is 0 Å². The minimum Gasteiger partial charge on any atom is -0.370 e. The number of amidine groups is 1. The molecular weight excluding hydrogens is 284 g/mol. The number of benzene rings is 1. The fourth-order valence-electron chi connectivity index (χ4n) is 3.13. The van der Waals surface area contributed by atoms with E-state index in [1.807, 2.05) is 0 Å². The molecule has 23 heavy (non-hydrogen) atoms. The Hall–Kier alpha value is -2.62. The maximum atomic E-state index is 4.64. The predicted molar refractivity (Wildman–Crippen MR) is 92.6 cm³/mol. The largest absolute Gasteiger partial charge is 0.370 e. The highest BCUT2D eigenvalue weighted by molar-refractivity contribution is 5.99. The van der Waals surface area contributed by atoms with E-state index in [0.29, 0.717) is 0 Å². The van der Waals surface area contributed by atoms with Gasteiger partial charge in [0, 0.05) is 30.3 Å². The van der Waals surface area contributed by atoms with Crippen LogP contribution in [0.5, 0.6) is 0 Å².